The number of piperazine rings is 1. The summed E-state index contributed by atoms with van der Waals surface area (Å²) in [6.45, 7) is 6.46. The number of guanidine groups is 1. The topological polar surface area (TPSA) is 43.3 Å². The van der Waals surface area contributed by atoms with Crippen LogP contribution < -0.4 is 5.32 Å². The Morgan fingerprint density at radius 1 is 1.23 bits per heavy atom. The smallest absolute Gasteiger partial charge is 0.383 e. The highest BCUT2D eigenvalue weighted by Gasteiger charge is 2.41. The zero-order chi connectivity index (χ0) is 19.2. The van der Waals surface area contributed by atoms with E-state index in [4.69, 9.17) is 4.74 Å². The van der Waals surface area contributed by atoms with E-state index in [-0.39, 0.29) is 0 Å². The second kappa shape index (κ2) is 9.75. The van der Waals surface area contributed by atoms with Crippen LogP contribution >= 0.6 is 0 Å². The maximum absolute atomic E-state index is 12.9. The summed E-state index contributed by atoms with van der Waals surface area (Å²) in [5.41, 5.74) is 0. The third-order valence-electron chi connectivity index (χ3n) is 5.18. The first-order chi connectivity index (χ1) is 12.4. The Morgan fingerprint density at radius 2 is 1.88 bits per heavy atom. The maximum atomic E-state index is 12.9. The van der Waals surface area contributed by atoms with Crippen LogP contribution in [0, 0.1) is 0 Å². The number of ether oxygens (including phenoxy) is 1. The highest BCUT2D eigenvalue weighted by molar-refractivity contribution is 5.80. The average Bonchev–Trinajstić information content (AvgIpc) is 3.45. The van der Waals surface area contributed by atoms with Crippen molar-refractivity contribution in [1.29, 1.82) is 0 Å². The molecule has 2 fully saturated rings. The summed E-state index contributed by atoms with van der Waals surface area (Å²) in [7, 11) is 3.43. The Bertz CT molecular complexity index is 448. The van der Waals surface area contributed by atoms with Crippen molar-refractivity contribution in [2.24, 2.45) is 4.99 Å². The van der Waals surface area contributed by atoms with Gasteiger partial charge in [-0.25, -0.2) is 0 Å². The summed E-state index contributed by atoms with van der Waals surface area (Å²) in [6.07, 6.45) is -1.67. The number of nitrogens with zero attached hydrogens (tertiary/aromatic N) is 4. The van der Waals surface area contributed by atoms with Crippen LogP contribution in [0.3, 0.4) is 0 Å². The third-order valence-corrected chi connectivity index (χ3v) is 5.18. The number of methoxy groups -OCH3 is 1. The van der Waals surface area contributed by atoms with E-state index >= 15 is 0 Å². The molecule has 1 saturated heterocycles. The van der Waals surface area contributed by atoms with Gasteiger partial charge >= 0.3 is 6.18 Å². The number of halogens is 3. The molecule has 9 heteroatoms. The molecule has 152 valence electrons. The molecular formula is C17H32F3N5O. The van der Waals surface area contributed by atoms with Crippen molar-refractivity contribution < 1.29 is 17.9 Å². The van der Waals surface area contributed by atoms with E-state index in [1.165, 1.54) is 24.7 Å². The minimum absolute atomic E-state index is 0.392. The van der Waals surface area contributed by atoms with Gasteiger partial charge in [0.1, 0.15) is 6.04 Å². The van der Waals surface area contributed by atoms with Gasteiger partial charge in [0.25, 0.3) is 0 Å². The fourth-order valence-electron chi connectivity index (χ4n) is 3.30. The average molecular weight is 379 g/mol. The quantitative estimate of drug-likeness (QED) is 0.508. The number of nitrogens with one attached hydrogen (secondary N) is 1. The molecule has 0 aromatic rings. The molecule has 1 aliphatic heterocycles. The van der Waals surface area contributed by atoms with Gasteiger partial charge in [-0.2, -0.15) is 13.2 Å². The number of alkyl halides is 3. The van der Waals surface area contributed by atoms with Gasteiger partial charge in [0.2, 0.25) is 0 Å². The molecule has 1 N–H and O–H groups in total. The molecule has 1 saturated carbocycles. The zero-order valence-corrected chi connectivity index (χ0v) is 16.1. The standard InChI is InChI=1S/C17H32F3N5O/c1-14(17(18,19)20)23-8-10-25(11-9-23)16(21-2)22-6-7-24(12-13-26-3)15-4-5-15/h14-15H,4-13H2,1-3H3,(H,21,22). The first-order valence-corrected chi connectivity index (χ1v) is 9.36. The lowest BCUT2D eigenvalue weighted by Crippen LogP contribution is -2.57. The summed E-state index contributed by atoms with van der Waals surface area (Å²) >= 11 is 0. The van der Waals surface area contributed by atoms with E-state index in [0.29, 0.717) is 32.2 Å². The van der Waals surface area contributed by atoms with Crippen molar-refractivity contribution in [3.8, 4) is 0 Å². The van der Waals surface area contributed by atoms with E-state index in [2.05, 4.69) is 15.2 Å². The van der Waals surface area contributed by atoms with Crippen LogP contribution in [0.15, 0.2) is 4.99 Å². The number of hydrogen-bond acceptors (Lipinski definition) is 4. The second-order valence-corrected chi connectivity index (χ2v) is 6.97. The predicted molar refractivity (Wildman–Crippen MR) is 96.5 cm³/mol. The lowest BCUT2D eigenvalue weighted by atomic mass is 10.2. The minimum Gasteiger partial charge on any atom is -0.383 e. The van der Waals surface area contributed by atoms with Crippen LogP contribution in [0.5, 0.6) is 0 Å². The van der Waals surface area contributed by atoms with Gasteiger partial charge in [-0.3, -0.25) is 14.8 Å². The van der Waals surface area contributed by atoms with Crippen LogP contribution in [0.2, 0.25) is 0 Å². The Hall–Kier alpha value is -1.06. The van der Waals surface area contributed by atoms with E-state index in [0.717, 1.165) is 32.2 Å². The molecule has 1 unspecified atom stereocenters. The Morgan fingerprint density at radius 3 is 2.38 bits per heavy atom. The van der Waals surface area contributed by atoms with Gasteiger partial charge in [-0.05, 0) is 19.8 Å². The number of rotatable bonds is 8. The van der Waals surface area contributed by atoms with Crippen LogP contribution in [-0.2, 0) is 4.74 Å². The third kappa shape index (κ3) is 6.28. The molecule has 0 aromatic heterocycles. The summed E-state index contributed by atoms with van der Waals surface area (Å²) in [5.74, 6) is 0.770. The first-order valence-electron chi connectivity index (χ1n) is 9.36. The fourth-order valence-corrected chi connectivity index (χ4v) is 3.30. The number of hydrogen-bond donors (Lipinski definition) is 1. The van der Waals surface area contributed by atoms with Gasteiger partial charge < -0.3 is 15.0 Å². The summed E-state index contributed by atoms with van der Waals surface area (Å²) in [4.78, 5) is 10.2. The van der Waals surface area contributed by atoms with E-state index in [9.17, 15) is 13.2 Å². The zero-order valence-electron chi connectivity index (χ0n) is 16.1. The fraction of sp³-hybridized carbons (Fsp3) is 0.941. The van der Waals surface area contributed by atoms with Crippen molar-refractivity contribution in [3.63, 3.8) is 0 Å². The molecule has 1 aliphatic carbocycles. The molecule has 2 rings (SSSR count). The monoisotopic (exact) mass is 379 g/mol. The Balaban J connectivity index is 1.74. The summed E-state index contributed by atoms with van der Waals surface area (Å²) < 4.78 is 43.7. The molecular weight excluding hydrogens is 347 g/mol. The Kier molecular flexibility index (Phi) is 7.97. The van der Waals surface area contributed by atoms with E-state index < -0.39 is 12.2 Å². The molecule has 1 heterocycles. The predicted octanol–water partition coefficient (Wildman–Crippen LogP) is 1.24. The van der Waals surface area contributed by atoms with Crippen LogP contribution in [0.1, 0.15) is 19.8 Å². The number of aliphatic imine (C=N–C) groups is 1. The largest absolute Gasteiger partial charge is 0.403 e. The lowest BCUT2D eigenvalue weighted by molar-refractivity contribution is -0.181. The molecule has 6 nitrogen and oxygen atoms in total. The highest BCUT2D eigenvalue weighted by Crippen LogP contribution is 2.26. The molecule has 0 aromatic carbocycles. The maximum Gasteiger partial charge on any atom is 0.403 e. The SMILES string of the molecule is CN=C(NCCN(CCOC)C1CC1)N1CCN(C(C)C(F)(F)F)CC1. The van der Waals surface area contributed by atoms with Crippen molar-refractivity contribution in [2.45, 2.75) is 38.0 Å². The lowest BCUT2D eigenvalue weighted by Gasteiger charge is -2.39. The normalized spacial score (nSPS) is 21.3. The molecule has 0 radical (unpaired) electrons. The van der Waals surface area contributed by atoms with E-state index in [1.54, 1.807) is 14.2 Å². The van der Waals surface area contributed by atoms with Crippen molar-refractivity contribution in [1.82, 2.24) is 20.0 Å². The minimum atomic E-state index is -4.17. The van der Waals surface area contributed by atoms with Crippen molar-refractivity contribution in [2.75, 3.05) is 66.6 Å². The van der Waals surface area contributed by atoms with Gasteiger partial charge in [0.05, 0.1) is 6.61 Å². The molecule has 0 amide bonds. The van der Waals surface area contributed by atoms with E-state index in [1.807, 2.05) is 4.90 Å². The van der Waals surface area contributed by atoms with Crippen molar-refractivity contribution >= 4 is 5.96 Å². The van der Waals surface area contributed by atoms with Gasteiger partial charge in [0.15, 0.2) is 5.96 Å². The molecule has 2 aliphatic rings. The van der Waals surface area contributed by atoms with Crippen LogP contribution in [0.4, 0.5) is 13.2 Å². The Labute approximate surface area is 154 Å². The molecule has 1 atom stereocenters. The van der Waals surface area contributed by atoms with Crippen LogP contribution in [0.25, 0.3) is 0 Å². The summed E-state index contributed by atoms with van der Waals surface area (Å²) in [6, 6.07) is -0.728. The van der Waals surface area contributed by atoms with Gasteiger partial charge in [0, 0.05) is 66.0 Å². The highest BCUT2D eigenvalue weighted by atomic mass is 19.4. The molecule has 0 spiro atoms. The van der Waals surface area contributed by atoms with Crippen LogP contribution in [-0.4, -0.2) is 105 Å². The van der Waals surface area contributed by atoms with Crippen molar-refractivity contribution in [3.05, 3.63) is 0 Å². The first kappa shape index (κ1) is 21.2. The summed E-state index contributed by atoms with van der Waals surface area (Å²) in [5, 5.41) is 3.36. The second-order valence-electron chi connectivity index (χ2n) is 6.97. The van der Waals surface area contributed by atoms with Gasteiger partial charge in [-0.1, -0.05) is 0 Å². The molecule has 0 bridgehead atoms. The van der Waals surface area contributed by atoms with Gasteiger partial charge in [-0.15, -0.1) is 0 Å². The molecule has 26 heavy (non-hydrogen) atoms.